The van der Waals surface area contributed by atoms with Crippen LogP contribution in [0.3, 0.4) is 0 Å². The number of methoxy groups -OCH3 is 1. The molecule has 0 heterocycles. The third-order valence-corrected chi connectivity index (χ3v) is 5.21. The van der Waals surface area contributed by atoms with Gasteiger partial charge in [0.2, 0.25) is 0 Å². The fourth-order valence-electron chi connectivity index (χ4n) is 3.71. The van der Waals surface area contributed by atoms with Gasteiger partial charge in [0.05, 0.1) is 13.4 Å². The molecule has 0 saturated heterocycles. The van der Waals surface area contributed by atoms with Gasteiger partial charge in [0, 0.05) is 0 Å². The minimum atomic E-state index is 0.653. The summed E-state index contributed by atoms with van der Waals surface area (Å²) in [6, 6.07) is 17.2. The van der Waals surface area contributed by atoms with Crippen LogP contribution in [0.15, 0.2) is 60.9 Å². The fraction of sp³-hybridized carbons (Fsp3) is 0.364. The second-order valence-electron chi connectivity index (χ2n) is 6.67. The maximum atomic E-state index is 12.1. The Morgan fingerprint density at radius 1 is 0.917 bits per heavy atom. The van der Waals surface area contributed by atoms with Gasteiger partial charge in [0.15, 0.2) is 0 Å². The van der Waals surface area contributed by atoms with Crippen molar-refractivity contribution in [1.29, 1.82) is 0 Å². The molecule has 0 amide bonds. The normalized spacial score (nSPS) is 21.1. The molecule has 0 spiro atoms. The molecule has 0 unspecified atom stereocenters. The van der Waals surface area contributed by atoms with Crippen molar-refractivity contribution < 1.29 is 9.13 Å². The van der Waals surface area contributed by atoms with Crippen molar-refractivity contribution in [3.05, 3.63) is 66.5 Å². The third kappa shape index (κ3) is 4.05. The van der Waals surface area contributed by atoms with Gasteiger partial charge in [-0.3, -0.25) is 0 Å². The largest absolute Gasteiger partial charge is 0.497 e. The van der Waals surface area contributed by atoms with Crippen LogP contribution >= 0.6 is 0 Å². The molecule has 3 rings (SSSR count). The van der Waals surface area contributed by atoms with Crippen LogP contribution in [0.5, 0.6) is 5.75 Å². The zero-order valence-corrected chi connectivity index (χ0v) is 14.2. The van der Waals surface area contributed by atoms with E-state index in [1.54, 1.807) is 13.2 Å². The second-order valence-corrected chi connectivity index (χ2v) is 6.67. The monoisotopic (exact) mass is 324 g/mol. The Bertz CT molecular complexity index is 649. The van der Waals surface area contributed by atoms with Gasteiger partial charge >= 0.3 is 0 Å². The van der Waals surface area contributed by atoms with E-state index >= 15 is 0 Å². The Balaban J connectivity index is 1.62. The van der Waals surface area contributed by atoms with Crippen molar-refractivity contribution in [2.24, 2.45) is 5.92 Å². The Morgan fingerprint density at radius 2 is 1.50 bits per heavy atom. The van der Waals surface area contributed by atoms with Crippen LogP contribution in [0.4, 0.5) is 4.39 Å². The molecule has 1 aliphatic rings. The first-order valence-electron chi connectivity index (χ1n) is 8.79. The zero-order chi connectivity index (χ0) is 16.8. The summed E-state index contributed by atoms with van der Waals surface area (Å²) in [6.07, 6.45) is 8.07. The second kappa shape index (κ2) is 8.14. The highest BCUT2D eigenvalue weighted by atomic mass is 19.1. The fourth-order valence-corrected chi connectivity index (χ4v) is 3.71. The van der Waals surface area contributed by atoms with Gasteiger partial charge in [-0.05, 0) is 72.8 Å². The Labute approximate surface area is 144 Å². The molecule has 2 aromatic carbocycles. The zero-order valence-electron chi connectivity index (χ0n) is 14.2. The smallest absolute Gasteiger partial charge is 0.118 e. The molecule has 0 aromatic heterocycles. The summed E-state index contributed by atoms with van der Waals surface area (Å²) in [5.41, 5.74) is 3.89. The van der Waals surface area contributed by atoms with Crippen molar-refractivity contribution >= 4 is 0 Å². The predicted molar refractivity (Wildman–Crippen MR) is 98.0 cm³/mol. The summed E-state index contributed by atoms with van der Waals surface area (Å²) in [5.74, 6) is 2.20. The van der Waals surface area contributed by atoms with Crippen molar-refractivity contribution in [3.8, 4) is 16.9 Å². The molecule has 1 aliphatic carbocycles. The lowest BCUT2D eigenvalue weighted by atomic mass is 9.77. The average molecular weight is 324 g/mol. The van der Waals surface area contributed by atoms with E-state index in [-0.39, 0.29) is 0 Å². The first-order chi connectivity index (χ1) is 11.8. The average Bonchev–Trinajstić information content (AvgIpc) is 2.67. The van der Waals surface area contributed by atoms with Crippen molar-refractivity contribution in [3.63, 3.8) is 0 Å². The van der Waals surface area contributed by atoms with Gasteiger partial charge in [0.25, 0.3) is 0 Å². The summed E-state index contributed by atoms with van der Waals surface area (Å²) >= 11 is 0. The molecule has 2 aromatic rings. The Hall–Kier alpha value is -2.09. The molecular weight excluding hydrogens is 299 g/mol. The number of halogens is 1. The number of ether oxygens (including phenoxy) is 1. The minimum absolute atomic E-state index is 0.653. The van der Waals surface area contributed by atoms with Crippen LogP contribution < -0.4 is 4.74 Å². The maximum Gasteiger partial charge on any atom is 0.118 e. The topological polar surface area (TPSA) is 9.23 Å². The van der Waals surface area contributed by atoms with Crippen molar-refractivity contribution in [2.75, 3.05) is 7.11 Å². The quantitative estimate of drug-likeness (QED) is 0.609. The van der Waals surface area contributed by atoms with Crippen LogP contribution in [-0.2, 0) is 0 Å². The van der Waals surface area contributed by atoms with Gasteiger partial charge in [-0.2, -0.15) is 0 Å². The predicted octanol–water partition coefficient (Wildman–Crippen LogP) is 6.51. The van der Waals surface area contributed by atoms with E-state index in [4.69, 9.17) is 4.74 Å². The highest BCUT2D eigenvalue weighted by molar-refractivity contribution is 5.64. The molecule has 126 valence electrons. The summed E-state index contributed by atoms with van der Waals surface area (Å²) in [4.78, 5) is 0. The number of hydrogen-bond donors (Lipinski definition) is 0. The number of hydrogen-bond acceptors (Lipinski definition) is 1. The summed E-state index contributed by atoms with van der Waals surface area (Å²) < 4.78 is 17.3. The van der Waals surface area contributed by atoms with Gasteiger partial charge in [-0.15, -0.1) is 0 Å². The molecule has 0 aliphatic heterocycles. The third-order valence-electron chi connectivity index (χ3n) is 5.21. The van der Waals surface area contributed by atoms with E-state index in [1.807, 2.05) is 12.1 Å². The molecular formula is C22H25FO. The van der Waals surface area contributed by atoms with E-state index in [9.17, 15) is 4.39 Å². The highest BCUT2D eigenvalue weighted by Crippen LogP contribution is 2.37. The van der Waals surface area contributed by atoms with Gasteiger partial charge in [-0.1, -0.05) is 42.5 Å². The first kappa shape index (κ1) is 16.8. The number of rotatable bonds is 5. The molecule has 1 saturated carbocycles. The van der Waals surface area contributed by atoms with E-state index in [1.165, 1.54) is 42.4 Å². The molecule has 24 heavy (non-hydrogen) atoms. The van der Waals surface area contributed by atoms with E-state index in [0.29, 0.717) is 18.2 Å². The lowest BCUT2D eigenvalue weighted by molar-refractivity contribution is 0.327. The maximum absolute atomic E-state index is 12.1. The SMILES string of the molecule is COc1ccc(-c2ccc(C3CCC(C/C=C/F)CC3)cc2)cc1. The van der Waals surface area contributed by atoms with Crippen LogP contribution in [0.2, 0.25) is 0 Å². The lowest BCUT2D eigenvalue weighted by Crippen LogP contribution is -2.12. The van der Waals surface area contributed by atoms with Crippen LogP contribution in [-0.4, -0.2) is 7.11 Å². The van der Waals surface area contributed by atoms with Gasteiger partial charge in [0.1, 0.15) is 5.75 Å². The molecule has 1 nitrogen and oxygen atoms in total. The van der Waals surface area contributed by atoms with Crippen LogP contribution in [0.1, 0.15) is 43.6 Å². The minimum Gasteiger partial charge on any atom is -0.497 e. The van der Waals surface area contributed by atoms with Crippen LogP contribution in [0, 0.1) is 5.92 Å². The van der Waals surface area contributed by atoms with E-state index in [2.05, 4.69) is 36.4 Å². The van der Waals surface area contributed by atoms with Gasteiger partial charge in [-0.25, -0.2) is 4.39 Å². The molecule has 0 N–H and O–H groups in total. The number of benzene rings is 2. The molecule has 0 atom stereocenters. The van der Waals surface area contributed by atoms with E-state index < -0.39 is 0 Å². The van der Waals surface area contributed by atoms with Crippen molar-refractivity contribution in [2.45, 2.75) is 38.0 Å². The highest BCUT2D eigenvalue weighted by Gasteiger charge is 2.21. The van der Waals surface area contributed by atoms with Gasteiger partial charge < -0.3 is 4.74 Å². The first-order valence-corrected chi connectivity index (χ1v) is 8.79. The standard InChI is InChI=1S/C22H25FO/c1-24-22-14-12-21(13-15-22)20-10-8-19(9-11-20)18-6-4-17(5-7-18)3-2-16-23/h2,8-18H,3-7H2,1H3/b16-2+. The van der Waals surface area contributed by atoms with Crippen molar-refractivity contribution in [1.82, 2.24) is 0 Å². The summed E-state index contributed by atoms with van der Waals surface area (Å²) in [7, 11) is 1.69. The number of allylic oxidation sites excluding steroid dienone is 1. The molecule has 0 radical (unpaired) electrons. The van der Waals surface area contributed by atoms with Crippen LogP contribution in [0.25, 0.3) is 11.1 Å². The Morgan fingerprint density at radius 3 is 2.04 bits per heavy atom. The molecule has 1 fully saturated rings. The van der Waals surface area contributed by atoms with E-state index in [0.717, 1.165) is 12.2 Å². The summed E-state index contributed by atoms with van der Waals surface area (Å²) in [5, 5.41) is 0. The molecule has 0 bridgehead atoms. The molecule has 2 heteroatoms. The summed E-state index contributed by atoms with van der Waals surface area (Å²) in [6.45, 7) is 0. The lowest BCUT2D eigenvalue weighted by Gasteiger charge is -2.28. The Kier molecular flexibility index (Phi) is 5.68.